The van der Waals surface area contributed by atoms with Gasteiger partial charge in [-0.1, -0.05) is 60.7 Å². The van der Waals surface area contributed by atoms with Crippen LogP contribution in [0.3, 0.4) is 0 Å². The highest BCUT2D eigenvalue weighted by Gasteiger charge is 2.63. The summed E-state index contributed by atoms with van der Waals surface area (Å²) in [6, 6.07) is 11.7. The first-order valence-electron chi connectivity index (χ1n) is 11.6. The van der Waals surface area contributed by atoms with Gasteiger partial charge >= 0.3 is 12.4 Å². The number of hydrogen-bond acceptors (Lipinski definition) is 7. The lowest BCUT2D eigenvalue weighted by Crippen LogP contribution is -2.59. The number of alkyl halides is 6. The third-order valence-electron chi connectivity index (χ3n) is 6.14. The molecule has 0 unspecified atom stereocenters. The van der Waals surface area contributed by atoms with Crippen molar-refractivity contribution in [2.75, 3.05) is 27.3 Å². The minimum absolute atomic E-state index is 0.579. The van der Waals surface area contributed by atoms with Gasteiger partial charge in [-0.3, -0.25) is 9.59 Å². The highest BCUT2D eigenvalue weighted by Crippen LogP contribution is 2.43. The molecule has 5 N–H and O–H groups in total. The molecule has 2 aromatic rings. The molecule has 0 heterocycles. The average Bonchev–Trinajstić information content (AvgIpc) is 2.91. The quantitative estimate of drug-likeness (QED) is 0.239. The number of aliphatic hydroxyl groups is 3. The number of amides is 2. The lowest BCUT2D eigenvalue weighted by molar-refractivity contribution is -0.266. The Morgan fingerprint density at radius 2 is 0.975 bits per heavy atom. The number of nitrogens with one attached hydrogen (secondary N) is 2. The van der Waals surface area contributed by atoms with Crippen molar-refractivity contribution in [2.24, 2.45) is 0 Å². The van der Waals surface area contributed by atoms with E-state index in [-0.39, 0.29) is 0 Å². The Morgan fingerprint density at radius 1 is 0.675 bits per heavy atom. The smallest absolute Gasteiger partial charge is 0.388 e. The molecule has 15 heteroatoms. The third kappa shape index (κ3) is 6.39. The molecule has 2 amide bonds. The molecule has 0 aliphatic carbocycles. The Labute approximate surface area is 224 Å². The standard InChI is InChI=1S/C25H28F6N2O7/c1-39-22(24(26,27)28,15-9-5-3-6-10-15)20(37)32-13-17(34)19(36)18(35)14-33-21(38)23(40-2,25(29,30)31)16-11-7-4-8-12-16/h3-12,17-19,34-36H,13-14H2,1-2H3,(H,32,37)(H,33,38)/t17-,18-,22+,23+/m1/s1. The SMILES string of the molecule is CO[C@](C(=O)NC[C@@H](O)C(O)[C@H](O)CNC(=O)[C@@](OC)(c1ccccc1)C(F)(F)F)(c1ccccc1)C(F)(F)F. The molecule has 0 fully saturated rings. The van der Waals surface area contributed by atoms with Gasteiger partial charge in [0.1, 0.15) is 6.10 Å². The summed E-state index contributed by atoms with van der Waals surface area (Å²) in [4.78, 5) is 25.3. The molecule has 0 spiro atoms. The summed E-state index contributed by atoms with van der Waals surface area (Å²) < 4.78 is 92.9. The van der Waals surface area contributed by atoms with Gasteiger partial charge in [0.15, 0.2) is 0 Å². The zero-order valence-electron chi connectivity index (χ0n) is 21.2. The normalized spacial score (nSPS) is 16.9. The monoisotopic (exact) mass is 582 g/mol. The molecule has 0 aromatic heterocycles. The van der Waals surface area contributed by atoms with Gasteiger partial charge in [-0.15, -0.1) is 0 Å². The van der Waals surface area contributed by atoms with Crippen LogP contribution in [-0.2, 0) is 30.3 Å². The van der Waals surface area contributed by atoms with Crippen LogP contribution in [0.25, 0.3) is 0 Å². The predicted molar refractivity (Wildman–Crippen MR) is 126 cm³/mol. The molecular weight excluding hydrogens is 554 g/mol. The second-order valence-corrected chi connectivity index (χ2v) is 8.54. The van der Waals surface area contributed by atoms with Gasteiger partial charge in [-0.25, -0.2) is 0 Å². The van der Waals surface area contributed by atoms with E-state index in [9.17, 15) is 51.3 Å². The molecule has 4 atom stereocenters. The highest BCUT2D eigenvalue weighted by molar-refractivity contribution is 5.88. The number of rotatable bonds is 12. The Kier molecular flexibility index (Phi) is 10.7. The van der Waals surface area contributed by atoms with Crippen molar-refractivity contribution in [2.45, 2.75) is 41.9 Å². The molecule has 0 aliphatic rings. The number of halogens is 6. The van der Waals surface area contributed by atoms with Gasteiger partial charge in [0.25, 0.3) is 23.0 Å². The van der Waals surface area contributed by atoms with Crippen LogP contribution in [0.15, 0.2) is 60.7 Å². The summed E-state index contributed by atoms with van der Waals surface area (Å²) in [6.45, 7) is -2.07. The summed E-state index contributed by atoms with van der Waals surface area (Å²) in [5.41, 5.74) is -8.12. The molecule has 0 bridgehead atoms. The van der Waals surface area contributed by atoms with E-state index in [1.807, 2.05) is 0 Å². The fourth-order valence-corrected chi connectivity index (χ4v) is 3.99. The topological polar surface area (TPSA) is 137 Å². The van der Waals surface area contributed by atoms with Crippen molar-refractivity contribution in [3.05, 3.63) is 71.8 Å². The lowest BCUT2D eigenvalue weighted by atomic mass is 9.91. The summed E-state index contributed by atoms with van der Waals surface area (Å²) in [6.07, 6.45) is -17.0. The Morgan fingerprint density at radius 3 is 1.23 bits per heavy atom. The van der Waals surface area contributed by atoms with Crippen LogP contribution in [0.1, 0.15) is 11.1 Å². The molecule has 0 saturated carbocycles. The largest absolute Gasteiger partial charge is 0.430 e. The number of carbonyl (C=O) groups is 2. The van der Waals surface area contributed by atoms with Gasteiger partial charge in [-0.05, 0) is 0 Å². The summed E-state index contributed by atoms with van der Waals surface area (Å²) in [5, 5.41) is 34.1. The van der Waals surface area contributed by atoms with Crippen LogP contribution in [-0.4, -0.2) is 85.1 Å². The first-order chi connectivity index (χ1) is 18.6. The highest BCUT2D eigenvalue weighted by atomic mass is 19.4. The van der Waals surface area contributed by atoms with Gasteiger partial charge < -0.3 is 35.4 Å². The van der Waals surface area contributed by atoms with Gasteiger partial charge in [0, 0.05) is 38.4 Å². The fraction of sp³-hybridized carbons (Fsp3) is 0.440. The summed E-state index contributed by atoms with van der Waals surface area (Å²) in [7, 11) is 1.29. The number of benzene rings is 2. The van der Waals surface area contributed by atoms with Crippen molar-refractivity contribution in [1.82, 2.24) is 10.6 Å². The van der Waals surface area contributed by atoms with Gasteiger partial charge in [0.05, 0.1) is 12.2 Å². The van der Waals surface area contributed by atoms with Gasteiger partial charge in [0.2, 0.25) is 0 Å². The van der Waals surface area contributed by atoms with Crippen LogP contribution in [0.2, 0.25) is 0 Å². The number of ether oxygens (including phenoxy) is 2. The Hall–Kier alpha value is -3.24. The Balaban J connectivity index is 2.12. The first-order valence-corrected chi connectivity index (χ1v) is 11.6. The number of carbonyl (C=O) groups excluding carboxylic acids is 2. The lowest BCUT2D eigenvalue weighted by Gasteiger charge is -2.34. The first kappa shape index (κ1) is 33.0. The molecule has 222 valence electrons. The van der Waals surface area contributed by atoms with E-state index in [0.717, 1.165) is 24.3 Å². The van der Waals surface area contributed by atoms with E-state index >= 15 is 0 Å². The molecule has 2 rings (SSSR count). The number of methoxy groups -OCH3 is 2. The summed E-state index contributed by atoms with van der Waals surface area (Å²) in [5.74, 6) is -3.50. The minimum atomic E-state index is -5.26. The average molecular weight is 582 g/mol. The maximum Gasteiger partial charge on any atom is 0.430 e. The van der Waals surface area contributed by atoms with Crippen molar-refractivity contribution in [3.63, 3.8) is 0 Å². The van der Waals surface area contributed by atoms with Crippen molar-refractivity contribution in [1.29, 1.82) is 0 Å². The van der Waals surface area contributed by atoms with E-state index in [0.29, 0.717) is 14.2 Å². The molecule has 40 heavy (non-hydrogen) atoms. The van der Waals surface area contributed by atoms with Crippen LogP contribution >= 0.6 is 0 Å². The van der Waals surface area contributed by atoms with Crippen molar-refractivity contribution in [3.8, 4) is 0 Å². The fourth-order valence-electron chi connectivity index (χ4n) is 3.99. The summed E-state index contributed by atoms with van der Waals surface area (Å²) >= 11 is 0. The van der Waals surface area contributed by atoms with Crippen molar-refractivity contribution >= 4 is 11.8 Å². The minimum Gasteiger partial charge on any atom is -0.388 e. The zero-order valence-corrected chi connectivity index (χ0v) is 21.2. The second-order valence-electron chi connectivity index (χ2n) is 8.54. The number of hydrogen-bond donors (Lipinski definition) is 5. The molecule has 2 aromatic carbocycles. The molecule has 0 saturated heterocycles. The van der Waals surface area contributed by atoms with Crippen LogP contribution in [0.5, 0.6) is 0 Å². The van der Waals surface area contributed by atoms with E-state index in [4.69, 9.17) is 0 Å². The maximum absolute atomic E-state index is 14.0. The van der Waals surface area contributed by atoms with E-state index < -0.39 is 77.9 Å². The number of aliphatic hydroxyl groups excluding tert-OH is 3. The van der Waals surface area contributed by atoms with Crippen LogP contribution < -0.4 is 10.6 Å². The van der Waals surface area contributed by atoms with Gasteiger partial charge in [-0.2, -0.15) is 26.3 Å². The van der Waals surface area contributed by atoms with E-state index in [1.54, 1.807) is 10.6 Å². The Bertz CT molecular complexity index is 1030. The second kappa shape index (κ2) is 13.0. The third-order valence-corrected chi connectivity index (χ3v) is 6.14. The molecule has 0 aliphatic heterocycles. The zero-order chi connectivity index (χ0) is 30.4. The van der Waals surface area contributed by atoms with E-state index in [2.05, 4.69) is 9.47 Å². The van der Waals surface area contributed by atoms with Crippen LogP contribution in [0.4, 0.5) is 26.3 Å². The molecule has 0 radical (unpaired) electrons. The molecule has 9 nitrogen and oxygen atoms in total. The molecular formula is C25H28F6N2O7. The predicted octanol–water partition coefficient (Wildman–Crippen LogP) is 1.51. The van der Waals surface area contributed by atoms with Crippen molar-refractivity contribution < 1.29 is 60.7 Å². The maximum atomic E-state index is 14.0. The van der Waals surface area contributed by atoms with Crippen LogP contribution in [0, 0.1) is 0 Å². The van der Waals surface area contributed by atoms with E-state index in [1.165, 1.54) is 36.4 Å².